The summed E-state index contributed by atoms with van der Waals surface area (Å²) in [6.45, 7) is 0.804. The quantitative estimate of drug-likeness (QED) is 0.802. The van der Waals surface area contributed by atoms with Crippen LogP contribution >= 0.6 is 0 Å². The number of hydrogen-bond acceptors (Lipinski definition) is 4. The Morgan fingerprint density at radius 2 is 2.05 bits per heavy atom. The van der Waals surface area contributed by atoms with Crippen molar-refractivity contribution in [3.8, 4) is 6.07 Å². The van der Waals surface area contributed by atoms with Crippen LogP contribution in [0.25, 0.3) is 0 Å². The van der Waals surface area contributed by atoms with Gasteiger partial charge in [0.05, 0.1) is 11.3 Å². The third-order valence-electron chi connectivity index (χ3n) is 2.82. The summed E-state index contributed by atoms with van der Waals surface area (Å²) in [4.78, 5) is 4.14. The average Bonchev–Trinajstić information content (AvgIpc) is 2.46. The number of rotatable bonds is 5. The smallest absolute Gasteiger partial charge is 0.149 e. The number of nitriles is 1. The van der Waals surface area contributed by atoms with Gasteiger partial charge in [-0.1, -0.05) is 30.3 Å². The van der Waals surface area contributed by atoms with Crippen molar-refractivity contribution in [2.24, 2.45) is 0 Å². The third kappa shape index (κ3) is 3.71. The largest absolute Gasteiger partial charge is 0.396 e. The molecule has 1 aromatic carbocycles. The van der Waals surface area contributed by atoms with Crippen LogP contribution in [-0.2, 0) is 6.42 Å². The van der Waals surface area contributed by atoms with E-state index >= 15 is 0 Å². The number of nitrogens with one attached hydrogen (secondary N) is 1. The van der Waals surface area contributed by atoms with E-state index in [0.29, 0.717) is 17.1 Å². The summed E-state index contributed by atoms with van der Waals surface area (Å²) in [7, 11) is 0. The second-order valence-corrected chi connectivity index (χ2v) is 4.29. The number of nitrogen functional groups attached to an aromatic ring is 1. The molecule has 4 nitrogen and oxygen atoms in total. The van der Waals surface area contributed by atoms with Crippen LogP contribution in [0.1, 0.15) is 17.5 Å². The Kier molecular flexibility index (Phi) is 4.35. The minimum absolute atomic E-state index is 0.479. The van der Waals surface area contributed by atoms with Crippen molar-refractivity contribution in [2.45, 2.75) is 12.8 Å². The highest BCUT2D eigenvalue weighted by Gasteiger charge is 2.01. The monoisotopic (exact) mass is 252 g/mol. The predicted molar refractivity (Wildman–Crippen MR) is 76.6 cm³/mol. The number of benzene rings is 1. The first-order valence-corrected chi connectivity index (χ1v) is 6.23. The highest BCUT2D eigenvalue weighted by molar-refractivity contribution is 5.62. The molecule has 2 aromatic rings. The number of anilines is 2. The molecule has 0 fully saturated rings. The molecule has 19 heavy (non-hydrogen) atoms. The zero-order valence-electron chi connectivity index (χ0n) is 10.6. The van der Waals surface area contributed by atoms with E-state index in [1.165, 1.54) is 11.8 Å². The summed E-state index contributed by atoms with van der Waals surface area (Å²) < 4.78 is 0. The van der Waals surface area contributed by atoms with E-state index in [-0.39, 0.29) is 0 Å². The molecular formula is C15H16N4. The van der Waals surface area contributed by atoms with Gasteiger partial charge < -0.3 is 11.1 Å². The molecule has 0 aliphatic rings. The molecule has 0 aliphatic heterocycles. The third-order valence-corrected chi connectivity index (χ3v) is 2.82. The maximum Gasteiger partial charge on any atom is 0.149 e. The van der Waals surface area contributed by atoms with Crippen LogP contribution in [0.5, 0.6) is 0 Å². The number of pyridine rings is 1. The van der Waals surface area contributed by atoms with Crippen LogP contribution in [0.4, 0.5) is 11.5 Å². The molecule has 4 heteroatoms. The molecule has 0 atom stereocenters. The van der Waals surface area contributed by atoms with Gasteiger partial charge in [-0.15, -0.1) is 0 Å². The fourth-order valence-corrected chi connectivity index (χ4v) is 1.83. The van der Waals surface area contributed by atoms with Gasteiger partial charge >= 0.3 is 0 Å². The number of aromatic nitrogens is 1. The van der Waals surface area contributed by atoms with Gasteiger partial charge in [-0.05, 0) is 24.5 Å². The fourth-order valence-electron chi connectivity index (χ4n) is 1.83. The number of aryl methyl sites for hydroxylation is 1. The van der Waals surface area contributed by atoms with Gasteiger partial charge in [-0.25, -0.2) is 4.98 Å². The average molecular weight is 252 g/mol. The minimum Gasteiger partial charge on any atom is -0.396 e. The maximum atomic E-state index is 8.73. The molecule has 1 heterocycles. The Labute approximate surface area is 112 Å². The van der Waals surface area contributed by atoms with Crippen molar-refractivity contribution in [3.05, 3.63) is 53.7 Å². The van der Waals surface area contributed by atoms with Gasteiger partial charge in [0.2, 0.25) is 0 Å². The van der Waals surface area contributed by atoms with Gasteiger partial charge in [0.1, 0.15) is 11.9 Å². The Morgan fingerprint density at radius 1 is 1.26 bits per heavy atom. The van der Waals surface area contributed by atoms with E-state index in [1.54, 1.807) is 6.07 Å². The van der Waals surface area contributed by atoms with E-state index in [0.717, 1.165) is 19.4 Å². The molecule has 0 spiro atoms. The Hall–Kier alpha value is -2.54. The van der Waals surface area contributed by atoms with E-state index in [2.05, 4.69) is 22.4 Å². The van der Waals surface area contributed by atoms with E-state index in [4.69, 9.17) is 11.0 Å². The van der Waals surface area contributed by atoms with E-state index < -0.39 is 0 Å². The lowest BCUT2D eigenvalue weighted by Crippen LogP contribution is -2.07. The summed E-state index contributed by atoms with van der Waals surface area (Å²) in [6, 6.07) is 14.0. The zero-order chi connectivity index (χ0) is 13.5. The van der Waals surface area contributed by atoms with Crippen molar-refractivity contribution in [1.82, 2.24) is 4.98 Å². The van der Waals surface area contributed by atoms with Crippen LogP contribution in [0, 0.1) is 11.3 Å². The molecule has 0 aliphatic carbocycles. The van der Waals surface area contributed by atoms with Crippen LogP contribution in [0.2, 0.25) is 0 Å². The lowest BCUT2D eigenvalue weighted by molar-refractivity contribution is 0.859. The highest BCUT2D eigenvalue weighted by Crippen LogP contribution is 2.15. The molecule has 0 saturated carbocycles. The molecule has 0 saturated heterocycles. The number of nitrogens with two attached hydrogens (primary N) is 1. The van der Waals surface area contributed by atoms with Crippen molar-refractivity contribution >= 4 is 11.5 Å². The topological polar surface area (TPSA) is 74.7 Å². The van der Waals surface area contributed by atoms with Gasteiger partial charge in [0, 0.05) is 12.7 Å². The summed E-state index contributed by atoms with van der Waals surface area (Å²) in [5.74, 6) is 0.645. The van der Waals surface area contributed by atoms with Gasteiger partial charge in [-0.3, -0.25) is 0 Å². The number of hydrogen-bond donors (Lipinski definition) is 2. The Bertz CT molecular complexity index is 572. The van der Waals surface area contributed by atoms with Crippen molar-refractivity contribution in [1.29, 1.82) is 5.26 Å². The first-order chi connectivity index (χ1) is 9.29. The molecular weight excluding hydrogens is 236 g/mol. The van der Waals surface area contributed by atoms with Gasteiger partial charge in [-0.2, -0.15) is 5.26 Å². The SMILES string of the molecule is N#Cc1cnc(NCCCc2ccccc2)c(N)c1. The molecule has 0 amide bonds. The van der Waals surface area contributed by atoms with E-state index in [1.807, 2.05) is 24.3 Å². The summed E-state index contributed by atoms with van der Waals surface area (Å²) in [6.07, 6.45) is 3.55. The number of nitrogens with zero attached hydrogens (tertiary/aromatic N) is 2. The van der Waals surface area contributed by atoms with Crippen LogP contribution in [0.3, 0.4) is 0 Å². The normalized spacial score (nSPS) is 9.84. The van der Waals surface area contributed by atoms with Crippen LogP contribution in [0.15, 0.2) is 42.6 Å². The van der Waals surface area contributed by atoms with Crippen LogP contribution in [-0.4, -0.2) is 11.5 Å². The van der Waals surface area contributed by atoms with Gasteiger partial charge in [0.25, 0.3) is 0 Å². The second kappa shape index (κ2) is 6.41. The first-order valence-electron chi connectivity index (χ1n) is 6.23. The van der Waals surface area contributed by atoms with E-state index in [9.17, 15) is 0 Å². The summed E-state index contributed by atoms with van der Waals surface area (Å²) >= 11 is 0. The highest BCUT2D eigenvalue weighted by atomic mass is 15.0. The summed E-state index contributed by atoms with van der Waals surface area (Å²) in [5, 5.41) is 11.9. The van der Waals surface area contributed by atoms with Crippen molar-refractivity contribution in [2.75, 3.05) is 17.6 Å². The molecule has 0 unspecified atom stereocenters. The van der Waals surface area contributed by atoms with Crippen LogP contribution < -0.4 is 11.1 Å². The fraction of sp³-hybridized carbons (Fsp3) is 0.200. The Morgan fingerprint density at radius 3 is 2.74 bits per heavy atom. The summed E-state index contributed by atoms with van der Waals surface area (Å²) in [5.41, 5.74) is 8.13. The molecule has 0 bridgehead atoms. The standard InChI is InChI=1S/C15H16N4/c16-10-13-9-14(17)15(19-11-13)18-8-4-7-12-5-2-1-3-6-12/h1-3,5-6,9,11H,4,7-8,17H2,(H,18,19). The second-order valence-electron chi connectivity index (χ2n) is 4.29. The lowest BCUT2D eigenvalue weighted by atomic mass is 10.1. The van der Waals surface area contributed by atoms with Crippen molar-refractivity contribution < 1.29 is 0 Å². The molecule has 0 radical (unpaired) electrons. The molecule has 1 aromatic heterocycles. The van der Waals surface area contributed by atoms with Crippen molar-refractivity contribution in [3.63, 3.8) is 0 Å². The molecule has 2 rings (SSSR count). The zero-order valence-corrected chi connectivity index (χ0v) is 10.6. The lowest BCUT2D eigenvalue weighted by Gasteiger charge is -2.08. The molecule has 96 valence electrons. The first kappa shape index (κ1) is 12.9. The van der Waals surface area contributed by atoms with Gasteiger partial charge in [0.15, 0.2) is 0 Å². The maximum absolute atomic E-state index is 8.73. The predicted octanol–water partition coefficient (Wildman–Crippen LogP) is 2.58. The minimum atomic E-state index is 0.479. The molecule has 3 N–H and O–H groups in total. The Balaban J connectivity index is 1.82.